The lowest BCUT2D eigenvalue weighted by Crippen LogP contribution is -2.02. The minimum absolute atomic E-state index is 0.564. The van der Waals surface area contributed by atoms with Crippen molar-refractivity contribution in [3.8, 4) is 11.6 Å². The van der Waals surface area contributed by atoms with Crippen LogP contribution in [0.25, 0.3) is 0 Å². The van der Waals surface area contributed by atoms with E-state index in [1.165, 1.54) is 0 Å². The molecular weight excluding hydrogens is 318 g/mol. The Balaban J connectivity index is 2.32. The summed E-state index contributed by atoms with van der Waals surface area (Å²) in [6, 6.07) is 7.74. The highest BCUT2D eigenvalue weighted by Crippen LogP contribution is 2.28. The Bertz CT molecular complexity index is 602. The lowest BCUT2D eigenvalue weighted by Gasteiger charge is -2.11. The van der Waals surface area contributed by atoms with Crippen molar-refractivity contribution >= 4 is 21.7 Å². The lowest BCUT2D eigenvalue weighted by atomic mass is 10.2. The number of benzene rings is 1. The number of hydrogen-bond donors (Lipinski definition) is 1. The van der Waals surface area contributed by atoms with Gasteiger partial charge in [-0.1, -0.05) is 28.9 Å². The first kappa shape index (κ1) is 14.8. The van der Waals surface area contributed by atoms with Crippen LogP contribution in [-0.4, -0.2) is 17.0 Å². The van der Waals surface area contributed by atoms with Crippen LogP contribution in [0.1, 0.15) is 24.7 Å². The Hall–Kier alpha value is -1.62. The second-order valence-electron chi connectivity index (χ2n) is 4.52. The first-order valence-electron chi connectivity index (χ1n) is 6.62. The zero-order valence-electron chi connectivity index (χ0n) is 11.9. The van der Waals surface area contributed by atoms with Gasteiger partial charge in [-0.2, -0.15) is 4.98 Å². The van der Waals surface area contributed by atoms with Gasteiger partial charge in [-0.05, 0) is 31.0 Å². The molecule has 0 spiro atoms. The average Bonchev–Trinajstić information content (AvgIpc) is 2.43. The molecule has 0 fully saturated rings. The van der Waals surface area contributed by atoms with Crippen molar-refractivity contribution in [1.29, 1.82) is 0 Å². The SMILES string of the molecule is CCCc1nc(NC)cc(Oc2cc(Br)ccc2C)n1. The van der Waals surface area contributed by atoms with Crippen LogP contribution in [0.3, 0.4) is 0 Å². The van der Waals surface area contributed by atoms with Crippen molar-refractivity contribution in [2.75, 3.05) is 12.4 Å². The second kappa shape index (κ2) is 6.70. The van der Waals surface area contributed by atoms with Gasteiger partial charge in [0.25, 0.3) is 0 Å². The molecule has 0 atom stereocenters. The molecule has 0 aliphatic rings. The number of hydrogen-bond acceptors (Lipinski definition) is 4. The third-order valence-electron chi connectivity index (χ3n) is 2.84. The van der Waals surface area contributed by atoms with E-state index in [0.717, 1.165) is 40.3 Å². The molecule has 1 aromatic carbocycles. The number of nitrogens with zero attached hydrogens (tertiary/aromatic N) is 2. The van der Waals surface area contributed by atoms with Crippen LogP contribution in [-0.2, 0) is 6.42 Å². The number of aryl methyl sites for hydroxylation is 2. The number of anilines is 1. The molecule has 2 aromatic rings. The minimum Gasteiger partial charge on any atom is -0.439 e. The monoisotopic (exact) mass is 335 g/mol. The zero-order chi connectivity index (χ0) is 14.5. The number of rotatable bonds is 5. The molecule has 0 unspecified atom stereocenters. The summed E-state index contributed by atoms with van der Waals surface area (Å²) >= 11 is 3.45. The molecule has 0 amide bonds. The van der Waals surface area contributed by atoms with E-state index >= 15 is 0 Å². The summed E-state index contributed by atoms with van der Waals surface area (Å²) in [5.41, 5.74) is 1.06. The Morgan fingerprint density at radius 3 is 2.75 bits per heavy atom. The molecule has 4 nitrogen and oxygen atoms in total. The highest BCUT2D eigenvalue weighted by Gasteiger charge is 2.07. The Kier molecular flexibility index (Phi) is 4.95. The molecule has 1 aromatic heterocycles. The van der Waals surface area contributed by atoms with Gasteiger partial charge in [0.15, 0.2) is 0 Å². The highest BCUT2D eigenvalue weighted by molar-refractivity contribution is 9.10. The molecule has 1 heterocycles. The van der Waals surface area contributed by atoms with Crippen molar-refractivity contribution in [2.45, 2.75) is 26.7 Å². The molecule has 0 aliphatic heterocycles. The van der Waals surface area contributed by atoms with Gasteiger partial charge < -0.3 is 10.1 Å². The molecule has 0 bridgehead atoms. The third kappa shape index (κ3) is 3.70. The Labute approximate surface area is 127 Å². The van der Waals surface area contributed by atoms with Crippen LogP contribution >= 0.6 is 15.9 Å². The standard InChI is InChI=1S/C15H18BrN3O/c1-4-5-13-18-14(17-3)9-15(19-13)20-12-8-11(16)7-6-10(12)2/h6-9H,4-5H2,1-3H3,(H,17,18,19). The summed E-state index contributed by atoms with van der Waals surface area (Å²) in [5, 5.41) is 3.04. The minimum atomic E-state index is 0.564. The fraction of sp³-hybridized carbons (Fsp3) is 0.333. The van der Waals surface area contributed by atoms with Crippen LogP contribution in [0, 0.1) is 6.92 Å². The molecule has 106 valence electrons. The summed E-state index contributed by atoms with van der Waals surface area (Å²) in [6.45, 7) is 4.11. The highest BCUT2D eigenvalue weighted by atomic mass is 79.9. The van der Waals surface area contributed by atoms with Crippen LogP contribution in [0.2, 0.25) is 0 Å². The summed E-state index contributed by atoms with van der Waals surface area (Å²) in [5.74, 6) is 2.92. The van der Waals surface area contributed by atoms with E-state index in [9.17, 15) is 0 Å². The van der Waals surface area contributed by atoms with E-state index in [4.69, 9.17) is 4.74 Å². The quantitative estimate of drug-likeness (QED) is 0.883. The van der Waals surface area contributed by atoms with E-state index in [0.29, 0.717) is 5.88 Å². The second-order valence-corrected chi connectivity index (χ2v) is 5.44. The molecule has 0 saturated heterocycles. The summed E-state index contributed by atoms with van der Waals surface area (Å²) in [7, 11) is 1.84. The first-order chi connectivity index (χ1) is 9.62. The average molecular weight is 336 g/mol. The number of aromatic nitrogens is 2. The van der Waals surface area contributed by atoms with E-state index in [-0.39, 0.29) is 0 Å². The number of halogens is 1. The van der Waals surface area contributed by atoms with E-state index < -0.39 is 0 Å². The molecule has 0 radical (unpaired) electrons. The predicted molar refractivity (Wildman–Crippen MR) is 84.5 cm³/mol. The van der Waals surface area contributed by atoms with Crippen LogP contribution in [0.4, 0.5) is 5.82 Å². The van der Waals surface area contributed by atoms with E-state index in [2.05, 4.69) is 38.1 Å². The first-order valence-corrected chi connectivity index (χ1v) is 7.41. The molecule has 5 heteroatoms. The fourth-order valence-electron chi connectivity index (χ4n) is 1.79. The Morgan fingerprint density at radius 2 is 2.05 bits per heavy atom. The van der Waals surface area contributed by atoms with E-state index in [1.807, 2.05) is 32.2 Å². The topological polar surface area (TPSA) is 47.0 Å². The van der Waals surface area contributed by atoms with Crippen LogP contribution in [0.5, 0.6) is 11.6 Å². The maximum Gasteiger partial charge on any atom is 0.224 e. The Morgan fingerprint density at radius 1 is 1.25 bits per heavy atom. The van der Waals surface area contributed by atoms with Gasteiger partial charge in [0.05, 0.1) is 0 Å². The van der Waals surface area contributed by atoms with Crippen LogP contribution < -0.4 is 10.1 Å². The van der Waals surface area contributed by atoms with Crippen molar-refractivity contribution in [3.63, 3.8) is 0 Å². The number of nitrogens with one attached hydrogen (secondary N) is 1. The van der Waals surface area contributed by atoms with Gasteiger partial charge in [-0.15, -0.1) is 0 Å². The maximum absolute atomic E-state index is 5.90. The van der Waals surface area contributed by atoms with Gasteiger partial charge in [0.1, 0.15) is 17.4 Å². The molecule has 20 heavy (non-hydrogen) atoms. The fourth-order valence-corrected chi connectivity index (χ4v) is 2.13. The normalized spacial score (nSPS) is 10.4. The van der Waals surface area contributed by atoms with Crippen molar-refractivity contribution in [2.24, 2.45) is 0 Å². The zero-order valence-corrected chi connectivity index (χ0v) is 13.5. The third-order valence-corrected chi connectivity index (χ3v) is 3.34. The van der Waals surface area contributed by atoms with Gasteiger partial charge in [-0.3, -0.25) is 0 Å². The molecule has 0 aliphatic carbocycles. The van der Waals surface area contributed by atoms with Crippen molar-refractivity contribution in [3.05, 3.63) is 40.1 Å². The smallest absolute Gasteiger partial charge is 0.224 e. The largest absolute Gasteiger partial charge is 0.439 e. The molecule has 2 rings (SSSR count). The number of ether oxygens (including phenoxy) is 1. The molecule has 0 saturated carbocycles. The van der Waals surface area contributed by atoms with Gasteiger partial charge in [-0.25, -0.2) is 4.98 Å². The van der Waals surface area contributed by atoms with Crippen molar-refractivity contribution in [1.82, 2.24) is 9.97 Å². The van der Waals surface area contributed by atoms with E-state index in [1.54, 1.807) is 6.07 Å². The summed E-state index contributed by atoms with van der Waals surface area (Å²) in [6.07, 6.45) is 1.84. The lowest BCUT2D eigenvalue weighted by molar-refractivity contribution is 0.455. The molecule has 1 N–H and O–H groups in total. The maximum atomic E-state index is 5.90. The van der Waals surface area contributed by atoms with Gasteiger partial charge in [0, 0.05) is 24.0 Å². The van der Waals surface area contributed by atoms with Crippen LogP contribution in [0.15, 0.2) is 28.7 Å². The summed E-state index contributed by atoms with van der Waals surface area (Å²) < 4.78 is 6.88. The van der Waals surface area contributed by atoms with Gasteiger partial charge >= 0.3 is 0 Å². The predicted octanol–water partition coefficient (Wildman–Crippen LogP) is 4.33. The molecular formula is C15H18BrN3O. The van der Waals surface area contributed by atoms with Gasteiger partial charge in [0.2, 0.25) is 5.88 Å². The summed E-state index contributed by atoms with van der Waals surface area (Å²) in [4.78, 5) is 8.86. The van der Waals surface area contributed by atoms with Crippen molar-refractivity contribution < 1.29 is 4.74 Å².